The lowest BCUT2D eigenvalue weighted by atomic mass is 9.97. The van der Waals surface area contributed by atoms with Crippen LogP contribution < -0.4 is 5.32 Å². The molecular weight excluding hydrogens is 238 g/mol. The number of rotatable bonds is 5. The number of furan rings is 1. The lowest BCUT2D eigenvalue weighted by molar-refractivity contribution is 0.0947. The molecule has 0 radical (unpaired) electrons. The molecule has 19 heavy (non-hydrogen) atoms. The molecule has 0 aliphatic heterocycles. The van der Waals surface area contributed by atoms with E-state index < -0.39 is 0 Å². The van der Waals surface area contributed by atoms with E-state index in [2.05, 4.69) is 19.2 Å². The van der Waals surface area contributed by atoms with E-state index in [4.69, 9.17) is 4.42 Å². The summed E-state index contributed by atoms with van der Waals surface area (Å²) in [6.45, 7) is 4.72. The zero-order valence-electron chi connectivity index (χ0n) is 11.3. The van der Waals surface area contributed by atoms with Gasteiger partial charge in [-0.3, -0.25) is 4.79 Å². The fourth-order valence-electron chi connectivity index (χ4n) is 2.04. The first-order chi connectivity index (χ1) is 9.16. The van der Waals surface area contributed by atoms with Gasteiger partial charge in [-0.05, 0) is 36.1 Å². The number of hydrogen-bond acceptors (Lipinski definition) is 2. The minimum Gasteiger partial charge on any atom is -0.467 e. The smallest absolute Gasteiger partial charge is 0.251 e. The molecule has 0 fully saturated rings. The van der Waals surface area contributed by atoms with E-state index in [1.54, 1.807) is 6.26 Å². The first-order valence-corrected chi connectivity index (χ1v) is 6.55. The van der Waals surface area contributed by atoms with Crippen molar-refractivity contribution in [2.24, 2.45) is 5.92 Å². The molecule has 3 heteroatoms. The van der Waals surface area contributed by atoms with Gasteiger partial charge in [0, 0.05) is 5.56 Å². The Morgan fingerprint density at radius 1 is 1.21 bits per heavy atom. The third-order valence-corrected chi connectivity index (χ3v) is 2.89. The van der Waals surface area contributed by atoms with E-state index in [-0.39, 0.29) is 5.91 Å². The summed E-state index contributed by atoms with van der Waals surface area (Å²) in [5.41, 5.74) is 1.84. The second kappa shape index (κ2) is 6.23. The highest BCUT2D eigenvalue weighted by atomic mass is 16.3. The summed E-state index contributed by atoms with van der Waals surface area (Å²) < 4.78 is 5.20. The Labute approximate surface area is 113 Å². The third kappa shape index (κ3) is 3.71. The van der Waals surface area contributed by atoms with Gasteiger partial charge in [0.2, 0.25) is 0 Å². The topological polar surface area (TPSA) is 42.2 Å². The third-order valence-electron chi connectivity index (χ3n) is 2.89. The molecule has 1 amide bonds. The summed E-state index contributed by atoms with van der Waals surface area (Å²) in [7, 11) is 0. The van der Waals surface area contributed by atoms with Crippen molar-refractivity contribution < 1.29 is 9.21 Å². The van der Waals surface area contributed by atoms with Gasteiger partial charge in [-0.25, -0.2) is 0 Å². The first kappa shape index (κ1) is 13.4. The molecule has 0 spiro atoms. The molecule has 0 saturated heterocycles. The zero-order valence-corrected chi connectivity index (χ0v) is 11.3. The highest BCUT2D eigenvalue weighted by Crippen LogP contribution is 2.14. The largest absolute Gasteiger partial charge is 0.467 e. The quantitative estimate of drug-likeness (QED) is 0.892. The molecule has 1 heterocycles. The molecule has 0 saturated carbocycles. The monoisotopic (exact) mass is 257 g/mol. The molecule has 3 nitrogen and oxygen atoms in total. The Kier molecular flexibility index (Phi) is 4.39. The fraction of sp³-hybridized carbons (Fsp3) is 0.312. The van der Waals surface area contributed by atoms with E-state index in [0.717, 1.165) is 23.3 Å². The highest BCUT2D eigenvalue weighted by Gasteiger charge is 2.11. The van der Waals surface area contributed by atoms with E-state index in [1.165, 1.54) is 0 Å². The summed E-state index contributed by atoms with van der Waals surface area (Å²) in [5, 5.41) is 2.88. The lowest BCUT2D eigenvalue weighted by Crippen LogP contribution is -2.24. The Bertz CT molecular complexity index is 529. The summed E-state index contributed by atoms with van der Waals surface area (Å²) in [5.74, 6) is 1.24. The van der Waals surface area contributed by atoms with Crippen molar-refractivity contribution in [1.82, 2.24) is 5.32 Å². The van der Waals surface area contributed by atoms with Gasteiger partial charge in [0.05, 0.1) is 12.8 Å². The SMILES string of the molecule is CC(C)Cc1ccccc1C(=O)NCc1ccco1. The van der Waals surface area contributed by atoms with Gasteiger partial charge in [0.25, 0.3) is 5.91 Å². The van der Waals surface area contributed by atoms with Crippen molar-refractivity contribution in [2.45, 2.75) is 26.8 Å². The van der Waals surface area contributed by atoms with Gasteiger partial charge < -0.3 is 9.73 Å². The molecule has 2 rings (SSSR count). The van der Waals surface area contributed by atoms with Crippen LogP contribution in [0.3, 0.4) is 0 Å². The summed E-state index contributed by atoms with van der Waals surface area (Å²) in [6, 6.07) is 11.4. The molecule has 1 N–H and O–H groups in total. The van der Waals surface area contributed by atoms with Crippen LogP contribution in [0.25, 0.3) is 0 Å². The van der Waals surface area contributed by atoms with Crippen LogP contribution in [0.4, 0.5) is 0 Å². The molecule has 0 aliphatic rings. The molecule has 1 aromatic carbocycles. The highest BCUT2D eigenvalue weighted by molar-refractivity contribution is 5.95. The van der Waals surface area contributed by atoms with Crippen molar-refractivity contribution in [3.8, 4) is 0 Å². The number of nitrogens with one attached hydrogen (secondary N) is 1. The fourth-order valence-corrected chi connectivity index (χ4v) is 2.04. The van der Waals surface area contributed by atoms with Gasteiger partial charge in [0.1, 0.15) is 5.76 Å². The van der Waals surface area contributed by atoms with Crippen LogP contribution in [0.1, 0.15) is 35.5 Å². The van der Waals surface area contributed by atoms with Gasteiger partial charge in [0.15, 0.2) is 0 Å². The average Bonchev–Trinajstić information content (AvgIpc) is 2.89. The van der Waals surface area contributed by atoms with Crippen LogP contribution in [-0.2, 0) is 13.0 Å². The minimum atomic E-state index is -0.0485. The first-order valence-electron chi connectivity index (χ1n) is 6.55. The predicted octanol–water partition coefficient (Wildman–Crippen LogP) is 3.41. The maximum absolute atomic E-state index is 12.2. The van der Waals surface area contributed by atoms with Crippen molar-refractivity contribution in [3.05, 3.63) is 59.5 Å². The van der Waals surface area contributed by atoms with Crippen molar-refractivity contribution in [1.29, 1.82) is 0 Å². The Morgan fingerprint density at radius 3 is 2.68 bits per heavy atom. The maximum Gasteiger partial charge on any atom is 0.251 e. The van der Waals surface area contributed by atoms with Crippen LogP contribution in [0, 0.1) is 5.92 Å². The standard InChI is InChI=1S/C16H19NO2/c1-12(2)10-13-6-3-4-8-15(13)16(18)17-11-14-7-5-9-19-14/h3-9,12H,10-11H2,1-2H3,(H,17,18). The molecule has 0 unspecified atom stereocenters. The normalized spacial score (nSPS) is 10.7. The molecule has 2 aromatic rings. The number of carbonyl (C=O) groups is 1. The number of carbonyl (C=O) groups excluding carboxylic acids is 1. The van der Waals surface area contributed by atoms with Crippen molar-refractivity contribution in [3.63, 3.8) is 0 Å². The molecule has 1 aromatic heterocycles. The number of hydrogen-bond donors (Lipinski definition) is 1. The molecule has 0 bridgehead atoms. The van der Waals surface area contributed by atoms with Gasteiger partial charge >= 0.3 is 0 Å². The summed E-state index contributed by atoms with van der Waals surface area (Å²) in [6.07, 6.45) is 2.51. The predicted molar refractivity (Wildman–Crippen MR) is 74.9 cm³/mol. The van der Waals surface area contributed by atoms with Crippen LogP contribution in [0.5, 0.6) is 0 Å². The van der Waals surface area contributed by atoms with Gasteiger partial charge in [-0.15, -0.1) is 0 Å². The van der Waals surface area contributed by atoms with E-state index in [9.17, 15) is 4.79 Å². The van der Waals surface area contributed by atoms with Gasteiger partial charge in [-0.1, -0.05) is 32.0 Å². The zero-order chi connectivity index (χ0) is 13.7. The van der Waals surface area contributed by atoms with Crippen LogP contribution in [-0.4, -0.2) is 5.91 Å². The van der Waals surface area contributed by atoms with E-state index >= 15 is 0 Å². The molecular formula is C16H19NO2. The van der Waals surface area contributed by atoms with E-state index in [0.29, 0.717) is 12.5 Å². The number of amides is 1. The second-order valence-corrected chi connectivity index (χ2v) is 5.02. The number of benzene rings is 1. The molecule has 100 valence electrons. The van der Waals surface area contributed by atoms with Crippen molar-refractivity contribution >= 4 is 5.91 Å². The van der Waals surface area contributed by atoms with Crippen LogP contribution in [0.2, 0.25) is 0 Å². The van der Waals surface area contributed by atoms with E-state index in [1.807, 2.05) is 36.4 Å². The summed E-state index contributed by atoms with van der Waals surface area (Å²) in [4.78, 5) is 12.2. The minimum absolute atomic E-state index is 0.0485. The second-order valence-electron chi connectivity index (χ2n) is 5.02. The summed E-state index contributed by atoms with van der Waals surface area (Å²) >= 11 is 0. The van der Waals surface area contributed by atoms with Gasteiger partial charge in [-0.2, -0.15) is 0 Å². The Morgan fingerprint density at radius 2 is 2.00 bits per heavy atom. The average molecular weight is 257 g/mol. The Hall–Kier alpha value is -2.03. The maximum atomic E-state index is 12.2. The van der Waals surface area contributed by atoms with Crippen LogP contribution in [0.15, 0.2) is 47.1 Å². The Balaban J connectivity index is 2.06. The molecule has 0 atom stereocenters. The van der Waals surface area contributed by atoms with Crippen LogP contribution >= 0.6 is 0 Å². The van der Waals surface area contributed by atoms with Crippen molar-refractivity contribution in [2.75, 3.05) is 0 Å². The lowest BCUT2D eigenvalue weighted by Gasteiger charge is -2.11. The molecule has 0 aliphatic carbocycles.